The summed E-state index contributed by atoms with van der Waals surface area (Å²) >= 11 is 0. The second-order valence-corrected chi connectivity index (χ2v) is 7.18. The number of halogens is 1. The van der Waals surface area contributed by atoms with Crippen molar-refractivity contribution >= 4 is 18.3 Å². The molecular formula is C23H31ClN2O2. The Morgan fingerprint density at radius 3 is 2.43 bits per heavy atom. The van der Waals surface area contributed by atoms with Crippen molar-refractivity contribution in [3.63, 3.8) is 0 Å². The normalized spacial score (nSPS) is 15.4. The Morgan fingerprint density at radius 1 is 1.14 bits per heavy atom. The van der Waals surface area contributed by atoms with Crippen LogP contribution >= 0.6 is 12.4 Å². The second kappa shape index (κ2) is 10.5. The van der Waals surface area contributed by atoms with Gasteiger partial charge in [0.2, 0.25) is 5.91 Å². The van der Waals surface area contributed by atoms with Crippen LogP contribution in [-0.2, 0) is 4.79 Å². The lowest BCUT2D eigenvalue weighted by Crippen LogP contribution is -2.42. The number of nitrogens with zero attached hydrogens (tertiary/aromatic N) is 1. The van der Waals surface area contributed by atoms with E-state index < -0.39 is 0 Å². The van der Waals surface area contributed by atoms with Crippen molar-refractivity contribution in [3.8, 4) is 16.9 Å². The molecule has 2 aromatic rings. The minimum Gasteiger partial charge on any atom is -0.497 e. The quantitative estimate of drug-likeness (QED) is 0.761. The molecule has 2 aromatic carbocycles. The molecule has 1 aliphatic heterocycles. The molecule has 0 spiro atoms. The fourth-order valence-corrected chi connectivity index (χ4v) is 3.86. The van der Waals surface area contributed by atoms with Crippen molar-refractivity contribution < 1.29 is 9.53 Å². The Bertz CT molecular complexity index is 757. The van der Waals surface area contributed by atoms with Gasteiger partial charge in [-0.3, -0.25) is 4.79 Å². The summed E-state index contributed by atoms with van der Waals surface area (Å²) in [6, 6.07) is 16.7. The molecule has 1 fully saturated rings. The summed E-state index contributed by atoms with van der Waals surface area (Å²) < 4.78 is 5.32. The molecule has 3 rings (SSSR count). The predicted octanol–water partition coefficient (Wildman–Crippen LogP) is 4.69. The molecule has 0 saturated carbocycles. The Kier molecular flexibility index (Phi) is 8.34. The molecule has 1 aliphatic rings. The third-order valence-electron chi connectivity index (χ3n) is 5.58. The molecule has 1 atom stereocenters. The molecule has 28 heavy (non-hydrogen) atoms. The summed E-state index contributed by atoms with van der Waals surface area (Å²) in [5.41, 5.74) is 3.45. The first-order valence-electron chi connectivity index (χ1n) is 9.89. The van der Waals surface area contributed by atoms with Crippen molar-refractivity contribution in [1.82, 2.24) is 10.2 Å². The van der Waals surface area contributed by atoms with E-state index in [1.807, 2.05) is 23.1 Å². The zero-order valence-electron chi connectivity index (χ0n) is 17.0. The van der Waals surface area contributed by atoms with E-state index in [-0.39, 0.29) is 24.4 Å². The molecule has 1 saturated heterocycles. The van der Waals surface area contributed by atoms with Crippen LogP contribution < -0.4 is 10.1 Å². The Hall–Kier alpha value is -2.04. The van der Waals surface area contributed by atoms with Gasteiger partial charge in [-0.1, -0.05) is 36.4 Å². The third kappa shape index (κ3) is 5.06. The number of benzene rings is 2. The molecule has 0 aromatic heterocycles. The molecule has 0 bridgehead atoms. The van der Waals surface area contributed by atoms with E-state index in [4.69, 9.17) is 4.74 Å². The van der Waals surface area contributed by atoms with Gasteiger partial charge in [0.15, 0.2) is 0 Å². The van der Waals surface area contributed by atoms with Gasteiger partial charge in [0.05, 0.1) is 13.2 Å². The number of hydrogen-bond donors (Lipinski definition) is 1. The summed E-state index contributed by atoms with van der Waals surface area (Å²) in [5.74, 6) is 1.31. The van der Waals surface area contributed by atoms with Crippen LogP contribution in [0.5, 0.6) is 5.75 Å². The van der Waals surface area contributed by atoms with Gasteiger partial charge in [0.25, 0.3) is 0 Å². The van der Waals surface area contributed by atoms with Crippen LogP contribution in [0.25, 0.3) is 11.1 Å². The highest BCUT2D eigenvalue weighted by Gasteiger charge is 2.28. The molecule has 1 unspecified atom stereocenters. The maximum Gasteiger partial charge on any atom is 0.226 e. The summed E-state index contributed by atoms with van der Waals surface area (Å²) in [6.07, 6.45) is 1.88. The lowest BCUT2D eigenvalue weighted by Gasteiger charge is -2.33. The van der Waals surface area contributed by atoms with Crippen molar-refractivity contribution in [2.75, 3.05) is 26.7 Å². The lowest BCUT2D eigenvalue weighted by molar-refractivity contribution is -0.138. The van der Waals surface area contributed by atoms with E-state index in [1.54, 1.807) is 7.11 Å². The summed E-state index contributed by atoms with van der Waals surface area (Å²) in [5, 5.41) is 3.34. The second-order valence-electron chi connectivity index (χ2n) is 7.18. The van der Waals surface area contributed by atoms with Crippen LogP contribution in [-0.4, -0.2) is 37.6 Å². The van der Waals surface area contributed by atoms with Gasteiger partial charge in [-0.2, -0.15) is 0 Å². The van der Waals surface area contributed by atoms with Gasteiger partial charge < -0.3 is 15.0 Å². The van der Waals surface area contributed by atoms with Crippen molar-refractivity contribution in [1.29, 1.82) is 0 Å². The highest BCUT2D eigenvalue weighted by Crippen LogP contribution is 2.28. The molecule has 1 amide bonds. The van der Waals surface area contributed by atoms with Gasteiger partial charge in [0.1, 0.15) is 5.75 Å². The average Bonchev–Trinajstić information content (AvgIpc) is 2.75. The fourth-order valence-electron chi connectivity index (χ4n) is 3.86. The summed E-state index contributed by atoms with van der Waals surface area (Å²) in [7, 11) is 1.68. The Balaban J connectivity index is 0.00000280. The molecule has 1 heterocycles. The van der Waals surface area contributed by atoms with E-state index in [0.717, 1.165) is 49.4 Å². The van der Waals surface area contributed by atoms with Crippen LogP contribution in [0.1, 0.15) is 38.3 Å². The van der Waals surface area contributed by atoms with E-state index in [9.17, 15) is 4.79 Å². The molecule has 0 aliphatic carbocycles. The number of piperidine rings is 1. The number of ether oxygens (including phenoxy) is 1. The molecule has 0 radical (unpaired) electrons. The minimum absolute atomic E-state index is 0. The summed E-state index contributed by atoms with van der Waals surface area (Å²) in [6.45, 7) is 6.82. The predicted molar refractivity (Wildman–Crippen MR) is 117 cm³/mol. The highest BCUT2D eigenvalue weighted by atomic mass is 35.5. The first-order valence-corrected chi connectivity index (χ1v) is 9.89. The van der Waals surface area contributed by atoms with E-state index >= 15 is 0 Å². The smallest absolute Gasteiger partial charge is 0.226 e. The molecule has 4 nitrogen and oxygen atoms in total. The van der Waals surface area contributed by atoms with E-state index in [1.165, 1.54) is 5.56 Å². The molecule has 1 N–H and O–H groups in total. The van der Waals surface area contributed by atoms with Gasteiger partial charge >= 0.3 is 0 Å². The molecule has 152 valence electrons. The third-order valence-corrected chi connectivity index (χ3v) is 5.58. The van der Waals surface area contributed by atoms with Gasteiger partial charge in [-0.05, 0) is 68.6 Å². The van der Waals surface area contributed by atoms with Crippen LogP contribution in [0, 0.1) is 5.92 Å². The Morgan fingerprint density at radius 2 is 1.82 bits per heavy atom. The zero-order chi connectivity index (χ0) is 19.2. The van der Waals surface area contributed by atoms with Gasteiger partial charge in [-0.25, -0.2) is 0 Å². The standard InChI is InChI=1S/C23H30N2O2.ClH/c1-4-25(23(26)20-12-14-24-15-13-20)17(2)18-8-10-19(11-9-18)21-6-5-7-22(16-21)27-3;/h5-11,16-17,20,24H,4,12-15H2,1-3H3;1H. The number of amides is 1. The molecule has 5 heteroatoms. The fraction of sp³-hybridized carbons (Fsp3) is 0.435. The van der Waals surface area contributed by atoms with Crippen LogP contribution in [0.15, 0.2) is 48.5 Å². The van der Waals surface area contributed by atoms with Crippen LogP contribution in [0.2, 0.25) is 0 Å². The van der Waals surface area contributed by atoms with E-state index in [2.05, 4.69) is 49.5 Å². The number of carbonyl (C=O) groups excluding carboxylic acids is 1. The number of carbonyl (C=O) groups is 1. The van der Waals surface area contributed by atoms with Gasteiger partial charge in [0, 0.05) is 12.5 Å². The minimum atomic E-state index is 0. The van der Waals surface area contributed by atoms with Gasteiger partial charge in [-0.15, -0.1) is 12.4 Å². The van der Waals surface area contributed by atoms with Crippen molar-refractivity contribution in [2.45, 2.75) is 32.7 Å². The maximum atomic E-state index is 13.0. The maximum absolute atomic E-state index is 13.0. The first-order chi connectivity index (χ1) is 13.1. The van der Waals surface area contributed by atoms with E-state index in [0.29, 0.717) is 5.91 Å². The van der Waals surface area contributed by atoms with Crippen LogP contribution in [0.3, 0.4) is 0 Å². The monoisotopic (exact) mass is 402 g/mol. The lowest BCUT2D eigenvalue weighted by atomic mass is 9.94. The van der Waals surface area contributed by atoms with Crippen molar-refractivity contribution in [2.24, 2.45) is 5.92 Å². The van der Waals surface area contributed by atoms with Crippen molar-refractivity contribution in [3.05, 3.63) is 54.1 Å². The summed E-state index contributed by atoms with van der Waals surface area (Å²) in [4.78, 5) is 15.0. The topological polar surface area (TPSA) is 41.6 Å². The average molecular weight is 403 g/mol. The van der Waals surface area contributed by atoms with Crippen LogP contribution in [0.4, 0.5) is 0 Å². The zero-order valence-corrected chi connectivity index (χ0v) is 17.8. The SMILES string of the molecule is CCN(C(=O)C1CCNCC1)C(C)c1ccc(-c2cccc(OC)c2)cc1.Cl. The first kappa shape index (κ1) is 22.3. The number of hydrogen-bond acceptors (Lipinski definition) is 3. The Labute approximate surface area is 174 Å². The number of methoxy groups -OCH3 is 1. The number of nitrogens with one attached hydrogen (secondary N) is 1. The largest absolute Gasteiger partial charge is 0.497 e. The molecular weight excluding hydrogens is 372 g/mol. The highest BCUT2D eigenvalue weighted by molar-refractivity contribution is 5.85. The number of rotatable bonds is 6.